The number of nitrogens with zero attached hydrogens (tertiary/aromatic N) is 3. The number of benzene rings is 2. The summed E-state index contributed by atoms with van der Waals surface area (Å²) in [5.41, 5.74) is 0.392. The molecule has 144 valence electrons. The quantitative estimate of drug-likeness (QED) is 0.453. The summed E-state index contributed by atoms with van der Waals surface area (Å²) >= 11 is 1.17. The number of carbonyl (C=O) groups is 1. The van der Waals surface area contributed by atoms with Crippen molar-refractivity contribution < 1.29 is 19.2 Å². The van der Waals surface area contributed by atoms with Gasteiger partial charge in [-0.25, -0.2) is 0 Å². The van der Waals surface area contributed by atoms with E-state index >= 15 is 0 Å². The van der Waals surface area contributed by atoms with E-state index in [0.29, 0.717) is 33.8 Å². The molecular formula is C18H16N4O5S. The van der Waals surface area contributed by atoms with Crippen molar-refractivity contribution in [3.63, 3.8) is 0 Å². The molecule has 0 saturated heterocycles. The number of non-ortho nitro benzene ring substituents is 1. The molecule has 10 heteroatoms. The molecule has 0 aliphatic rings. The highest BCUT2D eigenvalue weighted by atomic mass is 32.1. The van der Waals surface area contributed by atoms with Crippen molar-refractivity contribution in [2.45, 2.75) is 13.5 Å². The Morgan fingerprint density at radius 1 is 1.14 bits per heavy atom. The van der Waals surface area contributed by atoms with E-state index in [9.17, 15) is 14.9 Å². The minimum Gasteiger partial charge on any atom is -0.493 e. The fraction of sp³-hybridized carbons (Fsp3) is 0.167. The van der Waals surface area contributed by atoms with Crippen molar-refractivity contribution in [1.29, 1.82) is 0 Å². The number of para-hydroxylation sites is 1. The van der Waals surface area contributed by atoms with Crippen LogP contribution in [0, 0.1) is 10.1 Å². The molecule has 0 fully saturated rings. The molecule has 0 aliphatic carbocycles. The molecule has 2 aromatic carbocycles. The molecule has 1 amide bonds. The molecular weight excluding hydrogens is 384 g/mol. The lowest BCUT2D eigenvalue weighted by Gasteiger charge is -2.08. The van der Waals surface area contributed by atoms with Gasteiger partial charge in [0.2, 0.25) is 5.13 Å². The number of nitro benzene ring substituents is 1. The molecule has 3 aromatic rings. The number of ether oxygens (including phenoxy) is 2. The largest absolute Gasteiger partial charge is 0.493 e. The highest BCUT2D eigenvalue weighted by molar-refractivity contribution is 7.15. The second kappa shape index (κ2) is 8.91. The van der Waals surface area contributed by atoms with E-state index in [4.69, 9.17) is 9.47 Å². The Balaban J connectivity index is 1.59. The predicted molar refractivity (Wildman–Crippen MR) is 103 cm³/mol. The van der Waals surface area contributed by atoms with Crippen molar-refractivity contribution >= 4 is 28.1 Å². The first-order valence-electron chi connectivity index (χ1n) is 8.29. The maximum absolute atomic E-state index is 12.4. The molecule has 0 saturated carbocycles. The number of anilines is 1. The SMILES string of the molecule is CCOc1ccccc1C(=O)Nc1nnc(COc2ccc([N+](=O)[O-])cc2)s1. The molecule has 1 heterocycles. The van der Waals surface area contributed by atoms with Gasteiger partial charge in [-0.05, 0) is 31.2 Å². The Kier molecular flexibility index (Phi) is 6.12. The first-order chi connectivity index (χ1) is 13.6. The molecule has 3 rings (SSSR count). The normalized spacial score (nSPS) is 10.3. The van der Waals surface area contributed by atoms with Gasteiger partial charge in [0.05, 0.1) is 17.1 Å². The topological polar surface area (TPSA) is 116 Å². The minimum atomic E-state index is -0.479. The van der Waals surface area contributed by atoms with Gasteiger partial charge < -0.3 is 9.47 Å². The van der Waals surface area contributed by atoms with Gasteiger partial charge in [-0.3, -0.25) is 20.2 Å². The molecule has 1 N–H and O–H groups in total. The summed E-state index contributed by atoms with van der Waals surface area (Å²) in [7, 11) is 0. The zero-order valence-electron chi connectivity index (χ0n) is 14.8. The predicted octanol–water partition coefficient (Wildman–Crippen LogP) is 3.68. The van der Waals surface area contributed by atoms with Gasteiger partial charge in [-0.1, -0.05) is 23.5 Å². The van der Waals surface area contributed by atoms with Crippen LogP contribution in [0.15, 0.2) is 48.5 Å². The van der Waals surface area contributed by atoms with Crippen molar-refractivity contribution in [3.8, 4) is 11.5 Å². The average Bonchev–Trinajstić information content (AvgIpc) is 3.14. The molecule has 0 unspecified atom stereocenters. The Bertz CT molecular complexity index is 974. The van der Waals surface area contributed by atoms with Gasteiger partial charge in [0, 0.05) is 12.1 Å². The van der Waals surface area contributed by atoms with E-state index < -0.39 is 4.92 Å². The molecule has 0 aliphatic heterocycles. The number of amides is 1. The number of nitro groups is 1. The molecule has 0 atom stereocenters. The van der Waals surface area contributed by atoms with Crippen LogP contribution in [0.4, 0.5) is 10.8 Å². The number of rotatable bonds is 8. The Hall–Kier alpha value is -3.53. The third-order valence-electron chi connectivity index (χ3n) is 3.53. The van der Waals surface area contributed by atoms with Gasteiger partial charge >= 0.3 is 0 Å². The van der Waals surface area contributed by atoms with Gasteiger partial charge in [-0.15, -0.1) is 10.2 Å². The first-order valence-corrected chi connectivity index (χ1v) is 9.11. The summed E-state index contributed by atoms with van der Waals surface area (Å²) in [5.74, 6) is 0.619. The van der Waals surface area contributed by atoms with E-state index in [1.807, 2.05) is 6.92 Å². The van der Waals surface area contributed by atoms with Crippen molar-refractivity contribution in [1.82, 2.24) is 10.2 Å². The number of aromatic nitrogens is 2. The first kappa shape index (κ1) is 19.2. The van der Waals surface area contributed by atoms with E-state index in [1.165, 1.54) is 35.6 Å². The number of nitrogens with one attached hydrogen (secondary N) is 1. The van der Waals surface area contributed by atoms with Gasteiger partial charge in [-0.2, -0.15) is 0 Å². The maximum atomic E-state index is 12.4. The standard InChI is InChI=1S/C18H16N4O5S/c1-2-26-15-6-4-3-5-14(15)17(23)19-18-21-20-16(28-18)11-27-13-9-7-12(8-10-13)22(24)25/h3-10H,2,11H2,1H3,(H,19,21,23). The summed E-state index contributed by atoms with van der Waals surface area (Å²) < 4.78 is 11.0. The Labute approximate surface area is 164 Å². The van der Waals surface area contributed by atoms with E-state index in [0.717, 1.165) is 0 Å². The number of hydrogen-bond donors (Lipinski definition) is 1. The molecule has 1 aromatic heterocycles. The smallest absolute Gasteiger partial charge is 0.269 e. The lowest BCUT2D eigenvalue weighted by Crippen LogP contribution is -2.13. The van der Waals surface area contributed by atoms with Crippen LogP contribution in [-0.4, -0.2) is 27.6 Å². The molecule has 0 spiro atoms. The van der Waals surface area contributed by atoms with Crippen molar-refractivity contribution in [2.75, 3.05) is 11.9 Å². The maximum Gasteiger partial charge on any atom is 0.269 e. The van der Waals surface area contributed by atoms with E-state index in [-0.39, 0.29) is 18.2 Å². The summed E-state index contributed by atoms with van der Waals surface area (Å²) in [4.78, 5) is 22.6. The van der Waals surface area contributed by atoms with Crippen molar-refractivity contribution in [3.05, 3.63) is 69.2 Å². The van der Waals surface area contributed by atoms with Crippen LogP contribution < -0.4 is 14.8 Å². The van der Waals surface area contributed by atoms with Gasteiger partial charge in [0.25, 0.3) is 11.6 Å². The average molecular weight is 400 g/mol. The molecule has 0 radical (unpaired) electrons. The van der Waals surface area contributed by atoms with Crippen LogP contribution in [0.2, 0.25) is 0 Å². The van der Waals surface area contributed by atoms with E-state index in [1.54, 1.807) is 24.3 Å². The number of carbonyl (C=O) groups excluding carboxylic acids is 1. The zero-order chi connectivity index (χ0) is 19.9. The van der Waals surface area contributed by atoms with Crippen LogP contribution in [0.3, 0.4) is 0 Å². The summed E-state index contributed by atoms with van der Waals surface area (Å²) in [5, 5.41) is 22.1. The van der Waals surface area contributed by atoms with Crippen molar-refractivity contribution in [2.24, 2.45) is 0 Å². The third kappa shape index (κ3) is 4.80. The number of hydrogen-bond acceptors (Lipinski definition) is 8. The summed E-state index contributed by atoms with van der Waals surface area (Å²) in [6.07, 6.45) is 0. The van der Waals surface area contributed by atoms with Gasteiger partial charge in [0.1, 0.15) is 18.1 Å². The summed E-state index contributed by atoms with van der Waals surface area (Å²) in [6.45, 7) is 2.42. The second-order valence-electron chi connectivity index (χ2n) is 5.42. The second-order valence-corrected chi connectivity index (χ2v) is 6.49. The molecule has 28 heavy (non-hydrogen) atoms. The lowest BCUT2D eigenvalue weighted by atomic mass is 10.2. The highest BCUT2D eigenvalue weighted by Crippen LogP contribution is 2.23. The van der Waals surface area contributed by atoms with Crippen LogP contribution >= 0.6 is 11.3 Å². The molecule has 9 nitrogen and oxygen atoms in total. The lowest BCUT2D eigenvalue weighted by molar-refractivity contribution is -0.384. The minimum absolute atomic E-state index is 0.0133. The fourth-order valence-electron chi connectivity index (χ4n) is 2.27. The summed E-state index contributed by atoms with van der Waals surface area (Å²) in [6, 6.07) is 12.7. The van der Waals surface area contributed by atoms with E-state index in [2.05, 4.69) is 15.5 Å². The Morgan fingerprint density at radius 2 is 1.89 bits per heavy atom. The van der Waals surface area contributed by atoms with Crippen LogP contribution in [0.5, 0.6) is 11.5 Å². The fourth-order valence-corrected chi connectivity index (χ4v) is 2.92. The van der Waals surface area contributed by atoms with Crippen LogP contribution in [0.25, 0.3) is 0 Å². The zero-order valence-corrected chi connectivity index (χ0v) is 15.6. The highest BCUT2D eigenvalue weighted by Gasteiger charge is 2.15. The Morgan fingerprint density at radius 3 is 2.61 bits per heavy atom. The monoisotopic (exact) mass is 400 g/mol. The van der Waals surface area contributed by atoms with Crippen LogP contribution in [-0.2, 0) is 6.61 Å². The van der Waals surface area contributed by atoms with Gasteiger partial charge in [0.15, 0.2) is 5.01 Å². The van der Waals surface area contributed by atoms with Crippen LogP contribution in [0.1, 0.15) is 22.3 Å². The third-order valence-corrected chi connectivity index (χ3v) is 4.34. The molecule has 0 bridgehead atoms.